The number of ether oxygens (including phenoxy) is 1. The number of hydrogen-bond donors (Lipinski definition) is 1. The SMILES string of the molecule is COc1[nH]c(=O)c2ccccc2c1CCO[Si](C)(C)C(C)(C)C. The molecule has 0 saturated carbocycles. The van der Waals surface area contributed by atoms with Crippen LogP contribution in [0.15, 0.2) is 29.1 Å². The Labute approximate surface area is 139 Å². The van der Waals surface area contributed by atoms with E-state index in [0.29, 0.717) is 24.3 Å². The van der Waals surface area contributed by atoms with Crippen LogP contribution in [-0.4, -0.2) is 27.0 Å². The second-order valence-electron chi connectivity index (χ2n) is 7.37. The first-order valence-corrected chi connectivity index (χ1v) is 10.9. The molecule has 0 aliphatic heterocycles. The largest absolute Gasteiger partial charge is 0.482 e. The minimum Gasteiger partial charge on any atom is -0.482 e. The summed E-state index contributed by atoms with van der Waals surface area (Å²) in [5.41, 5.74) is 0.882. The van der Waals surface area contributed by atoms with Crippen LogP contribution in [0.3, 0.4) is 0 Å². The van der Waals surface area contributed by atoms with Gasteiger partial charge in [0.25, 0.3) is 5.56 Å². The van der Waals surface area contributed by atoms with Crippen molar-refractivity contribution in [2.45, 2.75) is 45.3 Å². The summed E-state index contributed by atoms with van der Waals surface area (Å²) in [6, 6.07) is 7.62. The van der Waals surface area contributed by atoms with E-state index in [-0.39, 0.29) is 10.6 Å². The molecule has 23 heavy (non-hydrogen) atoms. The van der Waals surface area contributed by atoms with E-state index in [1.807, 2.05) is 24.3 Å². The third-order valence-electron chi connectivity index (χ3n) is 4.82. The molecule has 1 aromatic heterocycles. The number of methoxy groups -OCH3 is 1. The summed E-state index contributed by atoms with van der Waals surface area (Å²) in [7, 11) is -0.196. The minimum absolute atomic E-state index is 0.119. The molecule has 0 amide bonds. The van der Waals surface area contributed by atoms with Crippen molar-refractivity contribution in [3.05, 3.63) is 40.2 Å². The van der Waals surface area contributed by atoms with Crippen molar-refractivity contribution in [2.75, 3.05) is 13.7 Å². The van der Waals surface area contributed by atoms with Crippen LogP contribution in [0.5, 0.6) is 5.88 Å². The van der Waals surface area contributed by atoms with Crippen molar-refractivity contribution < 1.29 is 9.16 Å². The molecule has 0 radical (unpaired) electrons. The van der Waals surface area contributed by atoms with Crippen LogP contribution in [0, 0.1) is 0 Å². The molecule has 0 spiro atoms. The number of pyridine rings is 1. The van der Waals surface area contributed by atoms with E-state index in [1.165, 1.54) is 0 Å². The van der Waals surface area contributed by atoms with E-state index >= 15 is 0 Å². The van der Waals surface area contributed by atoms with Crippen molar-refractivity contribution in [1.29, 1.82) is 0 Å². The van der Waals surface area contributed by atoms with E-state index in [1.54, 1.807) is 7.11 Å². The number of benzene rings is 1. The quantitative estimate of drug-likeness (QED) is 0.838. The lowest BCUT2D eigenvalue weighted by molar-refractivity contribution is 0.289. The van der Waals surface area contributed by atoms with Gasteiger partial charge in [-0.05, 0) is 29.6 Å². The zero-order valence-corrected chi connectivity index (χ0v) is 15.9. The number of aromatic amines is 1. The molecule has 0 fully saturated rings. The van der Waals surface area contributed by atoms with Gasteiger partial charge in [0.15, 0.2) is 14.2 Å². The summed E-state index contributed by atoms with van der Waals surface area (Å²) in [6.07, 6.45) is 0.715. The molecule has 126 valence electrons. The highest BCUT2D eigenvalue weighted by molar-refractivity contribution is 6.74. The lowest BCUT2D eigenvalue weighted by atomic mass is 10.1. The maximum Gasteiger partial charge on any atom is 0.258 e. The van der Waals surface area contributed by atoms with Gasteiger partial charge in [0.1, 0.15) is 0 Å². The molecular formula is C18H27NO3Si. The van der Waals surface area contributed by atoms with Gasteiger partial charge in [0.05, 0.1) is 7.11 Å². The van der Waals surface area contributed by atoms with Crippen molar-refractivity contribution >= 4 is 19.1 Å². The summed E-state index contributed by atoms with van der Waals surface area (Å²) in [5.74, 6) is 0.535. The molecular weight excluding hydrogens is 306 g/mol. The average molecular weight is 334 g/mol. The number of aromatic nitrogens is 1. The number of nitrogens with one attached hydrogen (secondary N) is 1. The summed E-state index contributed by atoms with van der Waals surface area (Å²) in [5, 5.41) is 1.81. The number of rotatable bonds is 5. The number of hydrogen-bond acceptors (Lipinski definition) is 3. The second kappa shape index (κ2) is 6.49. The Bertz CT molecular complexity index is 744. The molecule has 2 aromatic rings. The van der Waals surface area contributed by atoms with Crippen molar-refractivity contribution in [1.82, 2.24) is 4.98 Å². The maximum atomic E-state index is 12.1. The fourth-order valence-corrected chi connectivity index (χ4v) is 3.41. The zero-order valence-electron chi connectivity index (χ0n) is 14.9. The Balaban J connectivity index is 2.30. The van der Waals surface area contributed by atoms with Crippen LogP contribution in [0.25, 0.3) is 10.8 Å². The van der Waals surface area contributed by atoms with Crippen LogP contribution >= 0.6 is 0 Å². The van der Waals surface area contributed by atoms with Crippen molar-refractivity contribution in [3.63, 3.8) is 0 Å². The monoisotopic (exact) mass is 333 g/mol. The summed E-state index contributed by atoms with van der Waals surface area (Å²) >= 11 is 0. The minimum atomic E-state index is -1.78. The predicted molar refractivity (Wildman–Crippen MR) is 98.0 cm³/mol. The Hall–Kier alpha value is -1.59. The van der Waals surface area contributed by atoms with Gasteiger partial charge >= 0.3 is 0 Å². The topological polar surface area (TPSA) is 51.3 Å². The Morgan fingerprint density at radius 2 is 1.74 bits per heavy atom. The number of H-pyrrole nitrogens is 1. The lowest BCUT2D eigenvalue weighted by Crippen LogP contribution is -2.41. The highest BCUT2D eigenvalue weighted by Crippen LogP contribution is 2.36. The molecule has 1 N–H and O–H groups in total. The molecule has 0 aliphatic carbocycles. The summed E-state index contributed by atoms with van der Waals surface area (Å²) < 4.78 is 11.7. The van der Waals surface area contributed by atoms with Crippen LogP contribution in [0.2, 0.25) is 18.1 Å². The fourth-order valence-electron chi connectivity index (χ4n) is 2.36. The van der Waals surface area contributed by atoms with Crippen LogP contribution < -0.4 is 10.3 Å². The Morgan fingerprint density at radius 1 is 1.13 bits per heavy atom. The summed E-state index contributed by atoms with van der Waals surface area (Å²) in [4.78, 5) is 14.9. The standard InChI is InChI=1S/C18H27NO3Si/c1-18(2,3)23(5,6)22-12-11-15-13-9-7-8-10-14(13)16(20)19-17(15)21-4/h7-10H,11-12H2,1-6H3,(H,19,20). The van der Waals surface area contributed by atoms with E-state index in [4.69, 9.17) is 9.16 Å². The van der Waals surface area contributed by atoms with Crippen molar-refractivity contribution in [3.8, 4) is 5.88 Å². The molecule has 2 rings (SSSR count). The van der Waals surface area contributed by atoms with Gasteiger partial charge in [-0.15, -0.1) is 0 Å². The summed E-state index contributed by atoms with van der Waals surface area (Å²) in [6.45, 7) is 11.8. The third-order valence-corrected chi connectivity index (χ3v) is 9.36. The van der Waals surface area contributed by atoms with E-state index in [2.05, 4.69) is 38.8 Å². The first-order chi connectivity index (χ1) is 10.7. The fraction of sp³-hybridized carbons (Fsp3) is 0.500. The highest BCUT2D eigenvalue weighted by atomic mass is 28.4. The first-order valence-electron chi connectivity index (χ1n) is 7.99. The lowest BCUT2D eigenvalue weighted by Gasteiger charge is -2.36. The second-order valence-corrected chi connectivity index (χ2v) is 12.2. The highest BCUT2D eigenvalue weighted by Gasteiger charge is 2.36. The molecule has 1 heterocycles. The van der Waals surface area contributed by atoms with E-state index in [0.717, 1.165) is 10.9 Å². The van der Waals surface area contributed by atoms with Crippen LogP contribution in [0.1, 0.15) is 26.3 Å². The van der Waals surface area contributed by atoms with Crippen LogP contribution in [0.4, 0.5) is 0 Å². The van der Waals surface area contributed by atoms with Gasteiger partial charge in [-0.2, -0.15) is 0 Å². The Kier molecular flexibility index (Phi) is 5.01. The third kappa shape index (κ3) is 3.67. The van der Waals surface area contributed by atoms with Gasteiger partial charge in [0.2, 0.25) is 0 Å². The zero-order chi connectivity index (χ0) is 17.3. The van der Waals surface area contributed by atoms with Crippen molar-refractivity contribution in [2.24, 2.45) is 0 Å². The molecule has 0 unspecified atom stereocenters. The van der Waals surface area contributed by atoms with Gasteiger partial charge in [0, 0.05) is 24.0 Å². The van der Waals surface area contributed by atoms with Gasteiger partial charge in [-0.1, -0.05) is 39.0 Å². The smallest absolute Gasteiger partial charge is 0.258 e. The Morgan fingerprint density at radius 3 is 2.30 bits per heavy atom. The molecule has 0 atom stereocenters. The maximum absolute atomic E-state index is 12.1. The van der Waals surface area contributed by atoms with Crippen LogP contribution in [-0.2, 0) is 10.8 Å². The molecule has 0 aliphatic rings. The predicted octanol–water partition coefficient (Wildman–Crippen LogP) is 4.10. The average Bonchev–Trinajstić information content (AvgIpc) is 2.48. The van der Waals surface area contributed by atoms with Gasteiger partial charge < -0.3 is 9.16 Å². The molecule has 0 saturated heterocycles. The molecule has 0 bridgehead atoms. The number of fused-ring (bicyclic) bond motifs is 1. The van der Waals surface area contributed by atoms with Gasteiger partial charge in [-0.3, -0.25) is 9.78 Å². The normalized spacial score (nSPS) is 12.6. The molecule has 1 aromatic carbocycles. The molecule has 5 heteroatoms. The van der Waals surface area contributed by atoms with E-state index in [9.17, 15) is 4.79 Å². The molecule has 4 nitrogen and oxygen atoms in total. The van der Waals surface area contributed by atoms with Gasteiger partial charge in [-0.25, -0.2) is 0 Å². The first kappa shape index (κ1) is 17.8. The van der Waals surface area contributed by atoms with E-state index < -0.39 is 8.32 Å².